The van der Waals surface area contributed by atoms with Crippen LogP contribution in [0, 0.1) is 5.82 Å². The van der Waals surface area contributed by atoms with E-state index in [9.17, 15) is 18.8 Å². The molecule has 2 heterocycles. The van der Waals surface area contributed by atoms with Crippen molar-refractivity contribution in [1.82, 2.24) is 25.1 Å². The van der Waals surface area contributed by atoms with Crippen molar-refractivity contribution in [3.63, 3.8) is 0 Å². The lowest BCUT2D eigenvalue weighted by Crippen LogP contribution is -2.65. The first-order chi connectivity index (χ1) is 18.4. The van der Waals surface area contributed by atoms with Gasteiger partial charge in [-0.15, -0.1) is 6.58 Å². The van der Waals surface area contributed by atoms with Gasteiger partial charge in [-0.2, -0.15) is 5.01 Å². The first-order valence-electron chi connectivity index (χ1n) is 12.6. The zero-order chi connectivity index (χ0) is 26.8. The van der Waals surface area contributed by atoms with Gasteiger partial charge in [-0.1, -0.05) is 60.7 Å². The van der Waals surface area contributed by atoms with Crippen molar-refractivity contribution in [3.05, 3.63) is 96.3 Å². The first-order valence-corrected chi connectivity index (χ1v) is 12.6. The van der Waals surface area contributed by atoms with Crippen LogP contribution in [-0.2, 0) is 22.6 Å². The van der Waals surface area contributed by atoms with Gasteiger partial charge in [-0.25, -0.2) is 9.18 Å². The summed E-state index contributed by atoms with van der Waals surface area (Å²) in [6.07, 6.45) is 1.29. The Morgan fingerprint density at radius 1 is 1.11 bits per heavy atom. The van der Waals surface area contributed by atoms with Gasteiger partial charge in [-0.3, -0.25) is 14.6 Å². The number of rotatable bonds is 7. The third-order valence-corrected chi connectivity index (χ3v) is 7.21. The summed E-state index contributed by atoms with van der Waals surface area (Å²) < 4.78 is 13.6. The number of halogens is 1. The van der Waals surface area contributed by atoms with E-state index in [2.05, 4.69) is 11.9 Å². The molecular formula is C29H30FN5O3. The van der Waals surface area contributed by atoms with Gasteiger partial charge in [0, 0.05) is 20.0 Å². The van der Waals surface area contributed by atoms with Gasteiger partial charge < -0.3 is 15.1 Å². The average molecular weight is 516 g/mol. The van der Waals surface area contributed by atoms with Crippen molar-refractivity contribution in [2.45, 2.75) is 25.2 Å². The van der Waals surface area contributed by atoms with Gasteiger partial charge in [0.05, 0.1) is 19.6 Å². The largest absolute Gasteiger partial charge is 0.340 e. The number of benzene rings is 3. The number of fused-ring (bicyclic) bond motifs is 2. The lowest BCUT2D eigenvalue weighted by atomic mass is 9.99. The molecule has 0 saturated carbocycles. The van der Waals surface area contributed by atoms with Crippen molar-refractivity contribution in [2.24, 2.45) is 0 Å². The third-order valence-electron chi connectivity index (χ3n) is 7.21. The normalized spacial score (nSPS) is 19.5. The van der Waals surface area contributed by atoms with E-state index in [4.69, 9.17) is 0 Å². The molecule has 1 N–H and O–H groups in total. The molecule has 5 rings (SSSR count). The molecule has 8 nitrogen and oxygen atoms in total. The summed E-state index contributed by atoms with van der Waals surface area (Å²) in [5, 5.41) is 7.92. The topological polar surface area (TPSA) is 76.2 Å². The molecule has 0 aromatic heterocycles. The molecule has 4 amide bonds. The van der Waals surface area contributed by atoms with Crippen LogP contribution in [0.5, 0.6) is 0 Å². The number of urea groups is 1. The second-order valence-corrected chi connectivity index (χ2v) is 9.51. The van der Waals surface area contributed by atoms with Gasteiger partial charge in [0.25, 0.3) is 0 Å². The molecular weight excluding hydrogens is 485 g/mol. The standard InChI is InChI=1S/C29H30FN5O3/c1-3-15-33(29(38)31-2)34-19-27(36)35-25(16-20-11-13-23(30)14-12-20)28(37)32(18-26(34)35)17-22-9-6-8-21-7-4-5-10-24(21)22/h3-14,25-26H,1,15-19H2,2H3,(H,31,38)/t25-,26+/m0/s1. The summed E-state index contributed by atoms with van der Waals surface area (Å²) in [6.45, 7) is 4.51. The summed E-state index contributed by atoms with van der Waals surface area (Å²) in [4.78, 5) is 43.4. The van der Waals surface area contributed by atoms with Crippen LogP contribution in [0.25, 0.3) is 10.8 Å². The van der Waals surface area contributed by atoms with Crippen LogP contribution in [0.15, 0.2) is 79.4 Å². The number of nitrogens with one attached hydrogen (secondary N) is 1. The summed E-state index contributed by atoms with van der Waals surface area (Å²) in [6, 6.07) is 18.8. The Morgan fingerprint density at radius 3 is 2.58 bits per heavy atom. The Labute approximate surface area is 220 Å². The minimum absolute atomic E-state index is 0.0404. The highest BCUT2D eigenvalue weighted by atomic mass is 19.1. The van der Waals surface area contributed by atoms with Crippen LogP contribution < -0.4 is 5.32 Å². The lowest BCUT2D eigenvalue weighted by molar-refractivity contribution is -0.157. The number of nitrogens with zero attached hydrogens (tertiary/aromatic N) is 4. The van der Waals surface area contributed by atoms with Gasteiger partial charge in [0.2, 0.25) is 11.8 Å². The smallest absolute Gasteiger partial charge is 0.332 e. The monoisotopic (exact) mass is 515 g/mol. The fourth-order valence-electron chi connectivity index (χ4n) is 5.43. The Bertz CT molecular complexity index is 1370. The molecule has 2 saturated heterocycles. The van der Waals surface area contributed by atoms with Gasteiger partial charge in [0.1, 0.15) is 18.0 Å². The molecule has 9 heteroatoms. The highest BCUT2D eigenvalue weighted by Gasteiger charge is 2.52. The summed E-state index contributed by atoms with van der Waals surface area (Å²) in [5.74, 6) is -0.782. The van der Waals surface area contributed by atoms with Gasteiger partial charge in [0.15, 0.2) is 0 Å². The number of carbonyl (C=O) groups is 3. The molecule has 2 atom stereocenters. The molecule has 3 aromatic carbocycles. The second kappa shape index (κ2) is 10.6. The molecule has 38 heavy (non-hydrogen) atoms. The molecule has 3 aromatic rings. The van der Waals surface area contributed by atoms with Crippen LogP contribution in [-0.4, -0.2) is 76.6 Å². The fraction of sp³-hybridized carbons (Fsp3) is 0.276. The highest BCUT2D eigenvalue weighted by molar-refractivity contribution is 5.92. The van der Waals surface area contributed by atoms with Crippen molar-refractivity contribution in [3.8, 4) is 0 Å². The van der Waals surface area contributed by atoms with Crippen molar-refractivity contribution < 1.29 is 18.8 Å². The molecule has 0 aliphatic carbocycles. The van der Waals surface area contributed by atoms with Crippen LogP contribution in [0.4, 0.5) is 9.18 Å². The summed E-state index contributed by atoms with van der Waals surface area (Å²) in [5.41, 5.74) is 1.74. The van der Waals surface area contributed by atoms with Crippen molar-refractivity contribution in [2.75, 3.05) is 26.7 Å². The zero-order valence-corrected chi connectivity index (χ0v) is 21.2. The number of carbonyl (C=O) groups excluding carboxylic acids is 3. The fourth-order valence-corrected chi connectivity index (χ4v) is 5.43. The predicted molar refractivity (Wildman–Crippen MR) is 142 cm³/mol. The Balaban J connectivity index is 1.52. The average Bonchev–Trinajstić information content (AvgIpc) is 3.25. The number of hydrogen-bond donors (Lipinski definition) is 1. The van der Waals surface area contributed by atoms with Gasteiger partial charge in [-0.05, 0) is 34.0 Å². The maximum absolute atomic E-state index is 13.9. The molecule has 0 bridgehead atoms. The Kier molecular flexibility index (Phi) is 7.11. The van der Waals surface area contributed by atoms with Crippen LogP contribution in [0.2, 0.25) is 0 Å². The van der Waals surface area contributed by atoms with E-state index in [0.29, 0.717) is 6.54 Å². The third kappa shape index (κ3) is 4.72. The van der Waals surface area contributed by atoms with E-state index in [1.807, 2.05) is 42.5 Å². The zero-order valence-electron chi connectivity index (χ0n) is 21.2. The number of hydrogen-bond acceptors (Lipinski definition) is 4. The van der Waals surface area contributed by atoms with E-state index in [1.54, 1.807) is 33.0 Å². The summed E-state index contributed by atoms with van der Waals surface area (Å²) in [7, 11) is 1.53. The predicted octanol–water partition coefficient (Wildman–Crippen LogP) is 3.15. The molecule has 196 valence electrons. The molecule has 0 spiro atoms. The molecule has 0 radical (unpaired) electrons. The number of piperazine rings is 1. The molecule has 2 aliphatic heterocycles. The minimum Gasteiger partial charge on any atom is -0.340 e. The Hall–Kier alpha value is -4.24. The quantitative estimate of drug-likeness (QED) is 0.491. The van der Waals surface area contributed by atoms with Crippen molar-refractivity contribution in [1.29, 1.82) is 0 Å². The van der Waals surface area contributed by atoms with E-state index in [1.165, 1.54) is 24.2 Å². The van der Waals surface area contributed by atoms with E-state index >= 15 is 0 Å². The lowest BCUT2D eigenvalue weighted by Gasteiger charge is -2.46. The number of hydrazine groups is 1. The van der Waals surface area contributed by atoms with E-state index in [-0.39, 0.29) is 49.7 Å². The van der Waals surface area contributed by atoms with Crippen LogP contribution >= 0.6 is 0 Å². The SMILES string of the molecule is C=CCN(C(=O)NC)N1CC(=O)N2[C@@H](Cc3ccc(F)cc3)C(=O)N(Cc3cccc4ccccc34)C[C@@H]21. The molecule has 2 fully saturated rings. The van der Waals surface area contributed by atoms with Gasteiger partial charge >= 0.3 is 6.03 Å². The van der Waals surface area contributed by atoms with Crippen LogP contribution in [0.3, 0.4) is 0 Å². The number of amides is 4. The minimum atomic E-state index is -0.790. The van der Waals surface area contributed by atoms with Crippen LogP contribution in [0.1, 0.15) is 11.1 Å². The molecule has 2 aliphatic rings. The maximum Gasteiger partial charge on any atom is 0.332 e. The second-order valence-electron chi connectivity index (χ2n) is 9.51. The molecule has 0 unspecified atom stereocenters. The first kappa shape index (κ1) is 25.4. The van der Waals surface area contributed by atoms with E-state index in [0.717, 1.165) is 21.9 Å². The van der Waals surface area contributed by atoms with Crippen molar-refractivity contribution >= 4 is 28.6 Å². The Morgan fingerprint density at radius 2 is 1.84 bits per heavy atom. The van der Waals surface area contributed by atoms with E-state index < -0.39 is 12.2 Å². The maximum atomic E-state index is 13.9. The summed E-state index contributed by atoms with van der Waals surface area (Å²) >= 11 is 0. The highest BCUT2D eigenvalue weighted by Crippen LogP contribution is 2.31.